The fourth-order valence-corrected chi connectivity index (χ4v) is 2.32. The summed E-state index contributed by atoms with van der Waals surface area (Å²) in [6, 6.07) is 10.8. The summed E-state index contributed by atoms with van der Waals surface area (Å²) in [6.07, 6.45) is 0. The molecule has 0 unspecified atom stereocenters. The molecule has 5 nitrogen and oxygen atoms in total. The van der Waals surface area contributed by atoms with Crippen molar-refractivity contribution in [3.8, 4) is 6.07 Å². The van der Waals surface area contributed by atoms with Crippen LogP contribution in [0.4, 0.5) is 0 Å². The van der Waals surface area contributed by atoms with E-state index in [-0.39, 0.29) is 11.8 Å². The molecule has 114 valence electrons. The molecule has 0 bridgehead atoms. The average Bonchev–Trinajstić information content (AvgIpc) is 2.82. The van der Waals surface area contributed by atoms with E-state index in [0.29, 0.717) is 17.7 Å². The number of hydrogen-bond acceptors (Lipinski definition) is 3. The molecular formula is C17H20N4O. The van der Waals surface area contributed by atoms with Crippen molar-refractivity contribution in [3.05, 3.63) is 52.8 Å². The molecule has 1 atom stereocenters. The van der Waals surface area contributed by atoms with Gasteiger partial charge in [0.05, 0.1) is 17.3 Å². The van der Waals surface area contributed by atoms with Crippen molar-refractivity contribution in [1.82, 2.24) is 15.1 Å². The third-order valence-electron chi connectivity index (χ3n) is 3.45. The molecule has 0 saturated heterocycles. The number of aromatic nitrogens is 2. The van der Waals surface area contributed by atoms with Crippen LogP contribution < -0.4 is 5.32 Å². The van der Waals surface area contributed by atoms with Crippen LogP contribution in [-0.4, -0.2) is 22.2 Å². The van der Waals surface area contributed by atoms with Gasteiger partial charge >= 0.3 is 0 Å². The molecule has 1 amide bonds. The number of carbonyl (C=O) groups excluding carboxylic acids is 1. The maximum Gasteiger partial charge on any atom is 0.251 e. The lowest BCUT2D eigenvalue weighted by molar-refractivity contribution is 0.0946. The van der Waals surface area contributed by atoms with E-state index >= 15 is 0 Å². The van der Waals surface area contributed by atoms with E-state index in [1.54, 1.807) is 24.3 Å². The predicted molar refractivity (Wildman–Crippen MR) is 84.4 cm³/mol. The zero-order chi connectivity index (χ0) is 16.1. The van der Waals surface area contributed by atoms with Crippen molar-refractivity contribution in [2.45, 2.75) is 27.3 Å². The highest BCUT2D eigenvalue weighted by Crippen LogP contribution is 2.07. The number of nitrogens with zero attached hydrogens (tertiary/aromatic N) is 3. The van der Waals surface area contributed by atoms with Gasteiger partial charge in [-0.3, -0.25) is 9.48 Å². The third-order valence-corrected chi connectivity index (χ3v) is 3.45. The fraction of sp³-hybridized carbons (Fsp3) is 0.353. The first-order chi connectivity index (χ1) is 10.5. The first-order valence-corrected chi connectivity index (χ1v) is 7.29. The summed E-state index contributed by atoms with van der Waals surface area (Å²) in [7, 11) is 0. The van der Waals surface area contributed by atoms with E-state index in [9.17, 15) is 4.79 Å². The van der Waals surface area contributed by atoms with E-state index in [0.717, 1.165) is 17.9 Å². The van der Waals surface area contributed by atoms with Crippen molar-refractivity contribution in [1.29, 1.82) is 5.26 Å². The van der Waals surface area contributed by atoms with E-state index in [1.807, 2.05) is 30.7 Å². The molecule has 0 saturated carbocycles. The lowest BCUT2D eigenvalue weighted by Crippen LogP contribution is -2.30. The molecule has 0 radical (unpaired) electrons. The first-order valence-electron chi connectivity index (χ1n) is 7.29. The normalized spacial score (nSPS) is 11.7. The molecule has 0 spiro atoms. The van der Waals surface area contributed by atoms with Crippen molar-refractivity contribution in [3.63, 3.8) is 0 Å². The molecule has 2 rings (SSSR count). The minimum Gasteiger partial charge on any atom is -0.352 e. The molecule has 1 N–H and O–H groups in total. The summed E-state index contributed by atoms with van der Waals surface area (Å²) < 4.78 is 1.96. The largest absolute Gasteiger partial charge is 0.352 e. The van der Waals surface area contributed by atoms with Crippen LogP contribution in [0.3, 0.4) is 0 Å². The molecule has 1 aromatic carbocycles. The van der Waals surface area contributed by atoms with Crippen LogP contribution in [0.5, 0.6) is 0 Å². The Balaban J connectivity index is 1.90. The van der Waals surface area contributed by atoms with Gasteiger partial charge in [0.15, 0.2) is 0 Å². The number of nitrogens with one attached hydrogen (secondary N) is 1. The molecule has 1 aromatic heterocycles. The Hall–Kier alpha value is -2.61. The van der Waals surface area contributed by atoms with E-state index in [4.69, 9.17) is 5.26 Å². The SMILES string of the molecule is Cc1cc(C)n(C[C@H](C)CNC(=O)c2cccc(C#N)c2)n1. The summed E-state index contributed by atoms with van der Waals surface area (Å²) in [4.78, 5) is 12.1. The highest BCUT2D eigenvalue weighted by molar-refractivity contribution is 5.94. The lowest BCUT2D eigenvalue weighted by atomic mass is 10.1. The van der Waals surface area contributed by atoms with Crippen molar-refractivity contribution >= 4 is 5.91 Å². The summed E-state index contributed by atoms with van der Waals surface area (Å²) in [5.74, 6) is 0.110. The monoisotopic (exact) mass is 296 g/mol. The zero-order valence-corrected chi connectivity index (χ0v) is 13.1. The topological polar surface area (TPSA) is 70.7 Å². The van der Waals surface area contributed by atoms with Crippen LogP contribution in [0.1, 0.15) is 34.2 Å². The number of nitriles is 1. The van der Waals surface area contributed by atoms with Crippen LogP contribution >= 0.6 is 0 Å². The maximum atomic E-state index is 12.1. The number of aryl methyl sites for hydroxylation is 2. The van der Waals surface area contributed by atoms with Gasteiger partial charge in [-0.05, 0) is 44.0 Å². The highest BCUT2D eigenvalue weighted by atomic mass is 16.1. The van der Waals surface area contributed by atoms with Gasteiger partial charge in [0.2, 0.25) is 0 Å². The lowest BCUT2D eigenvalue weighted by Gasteiger charge is -2.14. The highest BCUT2D eigenvalue weighted by Gasteiger charge is 2.10. The van der Waals surface area contributed by atoms with E-state index < -0.39 is 0 Å². The molecule has 1 heterocycles. The molecule has 5 heteroatoms. The smallest absolute Gasteiger partial charge is 0.251 e. The third kappa shape index (κ3) is 3.95. The quantitative estimate of drug-likeness (QED) is 0.921. The number of carbonyl (C=O) groups is 1. The van der Waals surface area contributed by atoms with Crippen LogP contribution in [0, 0.1) is 31.1 Å². The van der Waals surface area contributed by atoms with Gasteiger partial charge in [-0.25, -0.2) is 0 Å². The van der Waals surface area contributed by atoms with Gasteiger partial charge in [0.1, 0.15) is 0 Å². The Morgan fingerprint density at radius 3 is 2.82 bits per heavy atom. The minimum absolute atomic E-state index is 0.155. The Morgan fingerprint density at radius 2 is 2.18 bits per heavy atom. The first kappa shape index (κ1) is 15.8. The van der Waals surface area contributed by atoms with Gasteiger partial charge < -0.3 is 5.32 Å². The van der Waals surface area contributed by atoms with Crippen LogP contribution in [0.25, 0.3) is 0 Å². The Morgan fingerprint density at radius 1 is 1.41 bits per heavy atom. The molecule has 0 aliphatic carbocycles. The number of rotatable bonds is 5. The van der Waals surface area contributed by atoms with Gasteiger partial charge in [-0.1, -0.05) is 13.0 Å². The second-order valence-corrected chi connectivity index (χ2v) is 5.62. The Bertz CT molecular complexity index is 712. The van der Waals surface area contributed by atoms with Crippen molar-refractivity contribution in [2.24, 2.45) is 5.92 Å². The number of benzene rings is 1. The fourth-order valence-electron chi connectivity index (χ4n) is 2.32. The van der Waals surface area contributed by atoms with Gasteiger partial charge in [-0.15, -0.1) is 0 Å². The summed E-state index contributed by atoms with van der Waals surface area (Å²) in [5.41, 5.74) is 3.13. The minimum atomic E-state index is -0.155. The second-order valence-electron chi connectivity index (χ2n) is 5.62. The van der Waals surface area contributed by atoms with Crippen LogP contribution in [-0.2, 0) is 6.54 Å². The number of amides is 1. The van der Waals surface area contributed by atoms with Crippen LogP contribution in [0.2, 0.25) is 0 Å². The van der Waals surface area contributed by atoms with Crippen molar-refractivity contribution in [2.75, 3.05) is 6.54 Å². The molecule has 0 fully saturated rings. The van der Waals surface area contributed by atoms with Crippen molar-refractivity contribution < 1.29 is 4.79 Å². The van der Waals surface area contributed by atoms with E-state index in [1.165, 1.54) is 0 Å². The second kappa shape index (κ2) is 6.90. The molecule has 0 aliphatic heterocycles. The Kier molecular flexibility index (Phi) is 4.95. The zero-order valence-electron chi connectivity index (χ0n) is 13.1. The van der Waals surface area contributed by atoms with Crippen LogP contribution in [0.15, 0.2) is 30.3 Å². The standard InChI is InChI=1S/C17H20N4O/c1-12(11-21-14(3)7-13(2)20-21)10-19-17(22)16-6-4-5-15(8-16)9-18/h4-8,12H,10-11H2,1-3H3,(H,19,22)/t12-/m1/s1. The predicted octanol–water partition coefficient (Wildman–Crippen LogP) is 2.44. The summed E-state index contributed by atoms with van der Waals surface area (Å²) in [5, 5.41) is 16.2. The number of hydrogen-bond donors (Lipinski definition) is 1. The molecule has 22 heavy (non-hydrogen) atoms. The molecular weight excluding hydrogens is 276 g/mol. The Labute approximate surface area is 130 Å². The molecule has 2 aromatic rings. The van der Waals surface area contributed by atoms with Gasteiger partial charge in [-0.2, -0.15) is 10.4 Å². The molecule has 0 aliphatic rings. The van der Waals surface area contributed by atoms with Gasteiger partial charge in [0.25, 0.3) is 5.91 Å². The summed E-state index contributed by atoms with van der Waals surface area (Å²) >= 11 is 0. The average molecular weight is 296 g/mol. The maximum absolute atomic E-state index is 12.1. The van der Waals surface area contributed by atoms with E-state index in [2.05, 4.69) is 17.3 Å². The summed E-state index contributed by atoms with van der Waals surface area (Å²) in [6.45, 7) is 7.39. The van der Waals surface area contributed by atoms with Gasteiger partial charge in [0, 0.05) is 24.3 Å².